The Balaban J connectivity index is 1.85. The van der Waals surface area contributed by atoms with Gasteiger partial charge in [0.25, 0.3) is 5.91 Å². The third-order valence-corrected chi connectivity index (χ3v) is 5.61. The van der Waals surface area contributed by atoms with Crippen LogP contribution < -0.4 is 19.3 Å². The van der Waals surface area contributed by atoms with Gasteiger partial charge in [0.05, 0.1) is 19.9 Å². The monoisotopic (exact) mass is 430 g/mol. The second-order valence-electron chi connectivity index (χ2n) is 7.88. The van der Waals surface area contributed by atoms with Crippen molar-refractivity contribution >= 4 is 23.2 Å². The quantitative estimate of drug-likeness (QED) is 0.600. The number of anilines is 2. The number of aryl methyl sites for hydroxylation is 2. The van der Waals surface area contributed by atoms with E-state index in [1.807, 2.05) is 56.3 Å². The number of carbonyl (C=O) groups excluding carboxylic acids is 2. The number of benzene rings is 3. The number of hydrogen-bond donors (Lipinski definition) is 0. The normalized spacial score (nSPS) is 16.3. The minimum Gasteiger partial charge on any atom is -0.497 e. The van der Waals surface area contributed by atoms with Gasteiger partial charge in [0.2, 0.25) is 5.91 Å². The molecule has 3 aromatic rings. The predicted octanol–water partition coefficient (Wildman–Crippen LogP) is 4.44. The SMILES string of the molecule is COc1ccc(C2C(=O)N(c3ccccc3OC)CC(=O)N2c2cc(C)cc(C)c2)cc1. The summed E-state index contributed by atoms with van der Waals surface area (Å²) in [5.74, 6) is 0.865. The van der Waals surface area contributed by atoms with E-state index in [4.69, 9.17) is 9.47 Å². The first kappa shape index (κ1) is 21.4. The maximum absolute atomic E-state index is 13.9. The predicted molar refractivity (Wildman–Crippen MR) is 124 cm³/mol. The Morgan fingerprint density at radius 2 is 1.50 bits per heavy atom. The number of ether oxygens (including phenoxy) is 2. The van der Waals surface area contributed by atoms with Crippen LogP contribution in [-0.4, -0.2) is 32.6 Å². The summed E-state index contributed by atoms with van der Waals surface area (Å²) in [5, 5.41) is 0. The molecule has 0 bridgehead atoms. The average Bonchev–Trinajstić information content (AvgIpc) is 2.79. The Kier molecular flexibility index (Phi) is 5.86. The molecule has 1 saturated heterocycles. The number of hydrogen-bond acceptors (Lipinski definition) is 4. The molecule has 0 saturated carbocycles. The van der Waals surface area contributed by atoms with E-state index in [0.29, 0.717) is 28.4 Å². The molecular weight excluding hydrogens is 404 g/mol. The Hall–Kier alpha value is -3.80. The first-order valence-corrected chi connectivity index (χ1v) is 10.4. The molecule has 4 rings (SSSR count). The zero-order valence-corrected chi connectivity index (χ0v) is 18.7. The molecular formula is C26H26N2O4. The fraction of sp³-hybridized carbons (Fsp3) is 0.231. The third kappa shape index (κ3) is 3.91. The second-order valence-corrected chi connectivity index (χ2v) is 7.88. The molecule has 0 aromatic heterocycles. The van der Waals surface area contributed by atoms with Crippen LogP contribution >= 0.6 is 0 Å². The van der Waals surface area contributed by atoms with Crippen LogP contribution in [0.1, 0.15) is 22.7 Å². The highest BCUT2D eigenvalue weighted by Crippen LogP contribution is 2.38. The molecule has 0 radical (unpaired) electrons. The molecule has 0 N–H and O–H groups in total. The van der Waals surface area contributed by atoms with Crippen LogP contribution in [-0.2, 0) is 9.59 Å². The lowest BCUT2D eigenvalue weighted by Crippen LogP contribution is -2.56. The molecule has 1 heterocycles. The number of nitrogens with zero attached hydrogens (tertiary/aromatic N) is 2. The zero-order valence-electron chi connectivity index (χ0n) is 18.7. The van der Waals surface area contributed by atoms with E-state index < -0.39 is 6.04 Å². The van der Waals surface area contributed by atoms with Crippen molar-refractivity contribution < 1.29 is 19.1 Å². The van der Waals surface area contributed by atoms with E-state index in [1.54, 1.807) is 43.4 Å². The van der Waals surface area contributed by atoms with Gasteiger partial charge in [-0.1, -0.05) is 30.3 Å². The summed E-state index contributed by atoms with van der Waals surface area (Å²) in [4.78, 5) is 30.5. The summed E-state index contributed by atoms with van der Waals surface area (Å²) < 4.78 is 10.7. The summed E-state index contributed by atoms with van der Waals surface area (Å²) in [6.45, 7) is 3.89. The number of amides is 2. The van der Waals surface area contributed by atoms with Crippen LogP contribution in [0.3, 0.4) is 0 Å². The highest BCUT2D eigenvalue weighted by atomic mass is 16.5. The van der Waals surface area contributed by atoms with Crippen molar-refractivity contribution in [2.75, 3.05) is 30.6 Å². The maximum atomic E-state index is 13.9. The molecule has 164 valence electrons. The summed E-state index contributed by atoms with van der Waals surface area (Å²) in [6.07, 6.45) is 0. The molecule has 1 fully saturated rings. The molecule has 0 spiro atoms. The van der Waals surface area contributed by atoms with Gasteiger partial charge in [-0.05, 0) is 66.9 Å². The van der Waals surface area contributed by atoms with E-state index in [9.17, 15) is 9.59 Å². The van der Waals surface area contributed by atoms with Gasteiger partial charge in [-0.15, -0.1) is 0 Å². The van der Waals surface area contributed by atoms with Crippen LogP contribution in [0.5, 0.6) is 11.5 Å². The van der Waals surface area contributed by atoms with Crippen LogP contribution in [0.2, 0.25) is 0 Å². The summed E-state index contributed by atoms with van der Waals surface area (Å²) in [6, 6.07) is 19.6. The van der Waals surface area contributed by atoms with Crippen molar-refractivity contribution in [2.45, 2.75) is 19.9 Å². The van der Waals surface area contributed by atoms with Crippen molar-refractivity contribution in [3.63, 3.8) is 0 Å². The summed E-state index contributed by atoms with van der Waals surface area (Å²) >= 11 is 0. The van der Waals surface area contributed by atoms with Gasteiger partial charge in [-0.3, -0.25) is 19.4 Å². The summed E-state index contributed by atoms with van der Waals surface area (Å²) in [5.41, 5.74) is 4.05. The highest BCUT2D eigenvalue weighted by Gasteiger charge is 2.42. The number of carbonyl (C=O) groups is 2. The Morgan fingerprint density at radius 3 is 2.12 bits per heavy atom. The van der Waals surface area contributed by atoms with E-state index in [-0.39, 0.29) is 18.4 Å². The molecule has 6 heteroatoms. The van der Waals surface area contributed by atoms with Gasteiger partial charge in [-0.25, -0.2) is 0 Å². The van der Waals surface area contributed by atoms with Crippen molar-refractivity contribution in [1.29, 1.82) is 0 Å². The Labute approximate surface area is 188 Å². The number of piperazine rings is 1. The number of para-hydroxylation sites is 2. The topological polar surface area (TPSA) is 59.1 Å². The van der Waals surface area contributed by atoms with E-state index in [0.717, 1.165) is 11.1 Å². The van der Waals surface area contributed by atoms with E-state index in [1.165, 1.54) is 4.90 Å². The van der Waals surface area contributed by atoms with Gasteiger partial charge >= 0.3 is 0 Å². The van der Waals surface area contributed by atoms with Gasteiger partial charge in [0.15, 0.2) is 0 Å². The highest BCUT2D eigenvalue weighted by molar-refractivity contribution is 6.15. The van der Waals surface area contributed by atoms with Crippen LogP contribution in [0.4, 0.5) is 11.4 Å². The second kappa shape index (κ2) is 8.75. The molecule has 1 unspecified atom stereocenters. The van der Waals surface area contributed by atoms with Crippen LogP contribution in [0, 0.1) is 13.8 Å². The van der Waals surface area contributed by atoms with Crippen molar-refractivity contribution in [3.05, 3.63) is 83.4 Å². The van der Waals surface area contributed by atoms with Crippen LogP contribution in [0.15, 0.2) is 66.7 Å². The van der Waals surface area contributed by atoms with Gasteiger partial charge in [0, 0.05) is 5.69 Å². The van der Waals surface area contributed by atoms with Gasteiger partial charge in [-0.2, -0.15) is 0 Å². The van der Waals surface area contributed by atoms with Gasteiger partial charge in [0.1, 0.15) is 24.1 Å². The lowest BCUT2D eigenvalue weighted by Gasteiger charge is -2.41. The lowest BCUT2D eigenvalue weighted by atomic mass is 9.98. The molecule has 6 nitrogen and oxygen atoms in total. The Morgan fingerprint density at radius 1 is 0.844 bits per heavy atom. The lowest BCUT2D eigenvalue weighted by molar-refractivity contribution is -0.128. The first-order chi connectivity index (χ1) is 15.4. The van der Waals surface area contributed by atoms with E-state index in [2.05, 4.69) is 0 Å². The average molecular weight is 431 g/mol. The third-order valence-electron chi connectivity index (χ3n) is 5.61. The molecule has 3 aromatic carbocycles. The molecule has 1 atom stereocenters. The molecule has 1 aliphatic heterocycles. The standard InChI is InChI=1S/C26H26N2O4/c1-17-13-18(2)15-20(14-17)28-24(29)16-27(22-7-5-6-8-23(22)32-4)26(30)25(28)19-9-11-21(31-3)12-10-19/h5-15,25H,16H2,1-4H3. The molecule has 32 heavy (non-hydrogen) atoms. The number of methoxy groups -OCH3 is 2. The minimum absolute atomic E-state index is 0.0706. The fourth-order valence-corrected chi connectivity index (χ4v) is 4.21. The summed E-state index contributed by atoms with van der Waals surface area (Å²) in [7, 11) is 3.15. The maximum Gasteiger partial charge on any atom is 0.255 e. The van der Waals surface area contributed by atoms with E-state index >= 15 is 0 Å². The van der Waals surface area contributed by atoms with Crippen LogP contribution in [0.25, 0.3) is 0 Å². The smallest absolute Gasteiger partial charge is 0.255 e. The Bertz CT molecular complexity index is 1140. The van der Waals surface area contributed by atoms with Gasteiger partial charge < -0.3 is 9.47 Å². The van der Waals surface area contributed by atoms with Crippen molar-refractivity contribution in [1.82, 2.24) is 0 Å². The largest absolute Gasteiger partial charge is 0.497 e. The van der Waals surface area contributed by atoms with Crippen molar-refractivity contribution in [2.24, 2.45) is 0 Å². The fourth-order valence-electron chi connectivity index (χ4n) is 4.21. The molecule has 2 amide bonds. The molecule has 1 aliphatic rings. The minimum atomic E-state index is -0.812. The number of rotatable bonds is 5. The van der Waals surface area contributed by atoms with Crippen molar-refractivity contribution in [3.8, 4) is 11.5 Å². The molecule has 0 aliphatic carbocycles. The first-order valence-electron chi connectivity index (χ1n) is 10.4. The zero-order chi connectivity index (χ0) is 22.8.